The summed E-state index contributed by atoms with van der Waals surface area (Å²) >= 11 is 0. The molecule has 1 aromatic rings. The summed E-state index contributed by atoms with van der Waals surface area (Å²) in [5, 5.41) is 8.79. The van der Waals surface area contributed by atoms with E-state index in [0.717, 1.165) is 12.1 Å². The average Bonchev–Trinajstić information content (AvgIpc) is 2.38. The molecule has 0 aliphatic heterocycles. The summed E-state index contributed by atoms with van der Waals surface area (Å²) in [5.74, 6) is -2.76. The van der Waals surface area contributed by atoms with E-state index in [1.807, 2.05) is 13.8 Å². The van der Waals surface area contributed by atoms with Gasteiger partial charge >= 0.3 is 0 Å². The zero-order valence-electron chi connectivity index (χ0n) is 12.0. The van der Waals surface area contributed by atoms with E-state index < -0.39 is 32.0 Å². The molecule has 0 bridgehead atoms. The Morgan fingerprint density at radius 2 is 1.95 bits per heavy atom. The highest BCUT2D eigenvalue weighted by atomic mass is 32.2. The number of anilines is 1. The molecule has 0 saturated heterocycles. The monoisotopic (exact) mass is 322 g/mol. The molecule has 8 heteroatoms. The zero-order chi connectivity index (χ0) is 16.3. The van der Waals surface area contributed by atoms with Gasteiger partial charge in [0.15, 0.2) is 11.6 Å². The van der Waals surface area contributed by atoms with Crippen LogP contribution in [-0.4, -0.2) is 26.7 Å². The van der Waals surface area contributed by atoms with Gasteiger partial charge in [-0.15, -0.1) is 0 Å². The maximum atomic E-state index is 13.6. The lowest BCUT2D eigenvalue weighted by atomic mass is 9.88. The summed E-state index contributed by atoms with van der Waals surface area (Å²) in [5.41, 5.74) is 4.75. The minimum atomic E-state index is -4.20. The largest absolute Gasteiger partial charge is 0.399 e. The van der Waals surface area contributed by atoms with Crippen molar-refractivity contribution in [2.75, 3.05) is 18.9 Å². The fraction of sp³-hybridized carbons (Fsp3) is 0.538. The van der Waals surface area contributed by atoms with E-state index in [2.05, 4.69) is 4.72 Å². The van der Waals surface area contributed by atoms with Gasteiger partial charge in [0.05, 0.1) is 0 Å². The van der Waals surface area contributed by atoms with Gasteiger partial charge in [0.2, 0.25) is 10.0 Å². The van der Waals surface area contributed by atoms with Gasteiger partial charge < -0.3 is 10.8 Å². The average molecular weight is 322 g/mol. The summed E-state index contributed by atoms with van der Waals surface area (Å²) in [6.45, 7) is 3.65. The first-order valence-electron chi connectivity index (χ1n) is 6.44. The Kier molecular flexibility index (Phi) is 5.66. The molecule has 0 saturated carbocycles. The molecule has 1 aromatic carbocycles. The molecule has 0 aliphatic carbocycles. The number of benzene rings is 1. The van der Waals surface area contributed by atoms with Gasteiger partial charge in [0.1, 0.15) is 4.90 Å². The van der Waals surface area contributed by atoms with Gasteiger partial charge in [-0.05, 0) is 30.4 Å². The Labute approximate surface area is 123 Å². The second-order valence-electron chi connectivity index (χ2n) is 5.63. The van der Waals surface area contributed by atoms with Gasteiger partial charge in [-0.2, -0.15) is 0 Å². The van der Waals surface area contributed by atoms with E-state index in [9.17, 15) is 17.2 Å². The highest BCUT2D eigenvalue weighted by Gasteiger charge is 2.26. The van der Waals surface area contributed by atoms with Crippen molar-refractivity contribution in [3.63, 3.8) is 0 Å². The Morgan fingerprint density at radius 3 is 2.52 bits per heavy atom. The van der Waals surface area contributed by atoms with Gasteiger partial charge in [-0.3, -0.25) is 0 Å². The van der Waals surface area contributed by atoms with E-state index >= 15 is 0 Å². The summed E-state index contributed by atoms with van der Waals surface area (Å²) < 4.78 is 53.2. The van der Waals surface area contributed by atoms with Crippen molar-refractivity contribution in [3.8, 4) is 0 Å². The summed E-state index contributed by atoms with van der Waals surface area (Å²) in [7, 11) is -4.20. The van der Waals surface area contributed by atoms with Crippen LogP contribution in [-0.2, 0) is 10.0 Å². The first-order chi connectivity index (χ1) is 9.59. The highest BCUT2D eigenvalue weighted by molar-refractivity contribution is 7.89. The molecule has 0 fully saturated rings. The van der Waals surface area contributed by atoms with Crippen molar-refractivity contribution >= 4 is 15.7 Å². The highest BCUT2D eigenvalue weighted by Crippen LogP contribution is 2.24. The molecule has 0 aliphatic rings. The fourth-order valence-corrected chi connectivity index (χ4v) is 3.15. The minimum Gasteiger partial charge on any atom is -0.399 e. The third-order valence-corrected chi connectivity index (χ3v) is 4.46. The SMILES string of the molecule is CC(C)(CCCO)CNS(=O)(=O)c1cc(N)cc(F)c1F. The number of hydrogen-bond donors (Lipinski definition) is 3. The topological polar surface area (TPSA) is 92.4 Å². The molecule has 0 aromatic heterocycles. The van der Waals surface area contributed by atoms with Gasteiger partial charge in [-0.1, -0.05) is 13.8 Å². The normalized spacial score (nSPS) is 12.6. The predicted molar refractivity (Wildman–Crippen MR) is 76.1 cm³/mol. The summed E-state index contributed by atoms with van der Waals surface area (Å²) in [6.07, 6.45) is 1.11. The number of nitrogens with one attached hydrogen (secondary N) is 1. The lowest BCUT2D eigenvalue weighted by molar-refractivity contribution is 0.242. The van der Waals surface area contributed by atoms with Crippen LogP contribution in [0.1, 0.15) is 26.7 Å². The van der Waals surface area contributed by atoms with Crippen LogP contribution < -0.4 is 10.5 Å². The van der Waals surface area contributed by atoms with E-state index in [-0.39, 0.29) is 18.8 Å². The van der Waals surface area contributed by atoms with E-state index in [0.29, 0.717) is 12.8 Å². The van der Waals surface area contributed by atoms with Crippen molar-refractivity contribution in [2.24, 2.45) is 5.41 Å². The molecule has 0 radical (unpaired) electrons. The van der Waals surface area contributed by atoms with Crippen LogP contribution in [0, 0.1) is 17.0 Å². The number of sulfonamides is 1. The van der Waals surface area contributed by atoms with Crippen LogP contribution >= 0.6 is 0 Å². The van der Waals surface area contributed by atoms with Crippen molar-refractivity contribution in [3.05, 3.63) is 23.8 Å². The van der Waals surface area contributed by atoms with E-state index in [4.69, 9.17) is 10.8 Å². The maximum absolute atomic E-state index is 13.6. The first-order valence-corrected chi connectivity index (χ1v) is 7.92. The number of nitrogens with two attached hydrogens (primary N) is 1. The molecular formula is C13H20F2N2O3S. The number of hydrogen-bond acceptors (Lipinski definition) is 4. The molecule has 5 nitrogen and oxygen atoms in total. The van der Waals surface area contributed by atoms with Crippen molar-refractivity contribution < 1.29 is 22.3 Å². The quantitative estimate of drug-likeness (QED) is 0.665. The molecule has 0 atom stereocenters. The standard InChI is InChI=1S/C13H20F2N2O3S/c1-13(2,4-3-5-18)8-17-21(19,20)11-7-9(16)6-10(14)12(11)15/h6-7,17-18H,3-5,8,16H2,1-2H3. The molecule has 1 rings (SSSR count). The Balaban J connectivity index is 2.93. The predicted octanol–water partition coefficient (Wildman–Crippen LogP) is 1.62. The zero-order valence-corrected chi connectivity index (χ0v) is 12.8. The minimum absolute atomic E-state index is 0.00520. The molecule has 0 spiro atoms. The first kappa shape index (κ1) is 17.8. The second-order valence-corrected chi connectivity index (χ2v) is 7.37. The number of nitrogen functional groups attached to an aromatic ring is 1. The molecule has 0 heterocycles. The number of halogens is 2. The van der Waals surface area contributed by atoms with Crippen LogP contribution in [0.4, 0.5) is 14.5 Å². The van der Waals surface area contributed by atoms with E-state index in [1.165, 1.54) is 0 Å². The molecule has 21 heavy (non-hydrogen) atoms. The van der Waals surface area contributed by atoms with Gasteiger partial charge in [0.25, 0.3) is 0 Å². The Morgan fingerprint density at radius 1 is 1.33 bits per heavy atom. The molecule has 120 valence electrons. The Bertz CT molecular complexity index is 604. The molecule has 0 amide bonds. The lowest BCUT2D eigenvalue weighted by Gasteiger charge is -2.24. The van der Waals surface area contributed by atoms with Crippen LogP contribution in [0.25, 0.3) is 0 Å². The Hall–Kier alpha value is -1.25. The van der Waals surface area contributed by atoms with Crippen molar-refractivity contribution in [1.82, 2.24) is 4.72 Å². The smallest absolute Gasteiger partial charge is 0.243 e. The molecule has 4 N–H and O–H groups in total. The molecular weight excluding hydrogens is 302 g/mol. The third-order valence-electron chi connectivity index (χ3n) is 3.06. The van der Waals surface area contributed by atoms with E-state index in [1.54, 1.807) is 0 Å². The lowest BCUT2D eigenvalue weighted by Crippen LogP contribution is -2.34. The second kappa shape index (κ2) is 6.67. The fourth-order valence-electron chi connectivity index (χ4n) is 1.79. The van der Waals surface area contributed by atoms with Crippen LogP contribution in [0.2, 0.25) is 0 Å². The number of rotatable bonds is 7. The number of aliphatic hydroxyl groups excluding tert-OH is 1. The summed E-state index contributed by atoms with van der Waals surface area (Å²) in [6, 6.07) is 1.60. The summed E-state index contributed by atoms with van der Waals surface area (Å²) in [4.78, 5) is -0.807. The van der Waals surface area contributed by atoms with Crippen molar-refractivity contribution in [2.45, 2.75) is 31.6 Å². The van der Waals surface area contributed by atoms with Gasteiger partial charge in [-0.25, -0.2) is 21.9 Å². The van der Waals surface area contributed by atoms with Crippen LogP contribution in [0.5, 0.6) is 0 Å². The van der Waals surface area contributed by atoms with Gasteiger partial charge in [0, 0.05) is 18.8 Å². The third kappa shape index (κ3) is 4.90. The molecule has 0 unspecified atom stereocenters. The van der Waals surface area contributed by atoms with Crippen LogP contribution in [0.3, 0.4) is 0 Å². The maximum Gasteiger partial charge on any atom is 0.243 e. The van der Waals surface area contributed by atoms with Crippen LogP contribution in [0.15, 0.2) is 17.0 Å². The van der Waals surface area contributed by atoms with Crippen molar-refractivity contribution in [1.29, 1.82) is 0 Å². The number of aliphatic hydroxyl groups is 1.